The minimum Gasteiger partial charge on any atom is -0.384 e. The van der Waals surface area contributed by atoms with Crippen LogP contribution in [-0.2, 0) is 4.79 Å². The highest BCUT2D eigenvalue weighted by Gasteiger charge is 2.31. The standard InChI is InChI=1S/C16H24N2O/c1-11(2)9-12(3)18(4)16(19)14-10-17-15-8-6-5-7-13(14)15/h5-8,11-12,14,17H,9-10H2,1-4H3. The molecule has 1 amide bonds. The highest BCUT2D eigenvalue weighted by Crippen LogP contribution is 2.32. The van der Waals surface area contributed by atoms with Crippen molar-refractivity contribution in [2.45, 2.75) is 39.2 Å². The fraction of sp³-hybridized carbons (Fsp3) is 0.562. The van der Waals surface area contributed by atoms with Crippen molar-refractivity contribution >= 4 is 11.6 Å². The maximum atomic E-state index is 12.6. The number of hydrogen-bond donors (Lipinski definition) is 1. The van der Waals surface area contributed by atoms with Crippen LogP contribution >= 0.6 is 0 Å². The van der Waals surface area contributed by atoms with Crippen LogP contribution in [0, 0.1) is 5.92 Å². The summed E-state index contributed by atoms with van der Waals surface area (Å²) in [5, 5.41) is 3.32. The molecule has 1 aromatic rings. The lowest BCUT2D eigenvalue weighted by atomic mass is 9.98. The van der Waals surface area contributed by atoms with E-state index in [2.05, 4.69) is 32.2 Å². The molecule has 0 saturated carbocycles. The number of amides is 1. The van der Waals surface area contributed by atoms with E-state index in [0.29, 0.717) is 12.0 Å². The van der Waals surface area contributed by atoms with Crippen molar-refractivity contribution in [1.82, 2.24) is 4.90 Å². The Kier molecular flexibility index (Phi) is 4.13. The summed E-state index contributed by atoms with van der Waals surface area (Å²) < 4.78 is 0. The molecule has 2 unspecified atom stereocenters. The number of hydrogen-bond acceptors (Lipinski definition) is 2. The molecule has 1 aromatic carbocycles. The summed E-state index contributed by atoms with van der Waals surface area (Å²) in [4.78, 5) is 14.5. The molecule has 104 valence electrons. The molecule has 1 aliphatic rings. The van der Waals surface area contributed by atoms with Crippen LogP contribution in [0.3, 0.4) is 0 Å². The molecule has 2 atom stereocenters. The lowest BCUT2D eigenvalue weighted by Gasteiger charge is -2.28. The number of nitrogens with one attached hydrogen (secondary N) is 1. The highest BCUT2D eigenvalue weighted by atomic mass is 16.2. The molecule has 3 heteroatoms. The molecule has 0 bridgehead atoms. The quantitative estimate of drug-likeness (QED) is 0.902. The van der Waals surface area contributed by atoms with Crippen molar-refractivity contribution in [3.05, 3.63) is 29.8 Å². The first kappa shape index (κ1) is 13.9. The second kappa shape index (κ2) is 5.64. The zero-order valence-corrected chi connectivity index (χ0v) is 12.3. The van der Waals surface area contributed by atoms with Gasteiger partial charge in [-0.25, -0.2) is 0 Å². The first-order chi connectivity index (χ1) is 9.00. The summed E-state index contributed by atoms with van der Waals surface area (Å²) in [6, 6.07) is 8.40. The Labute approximate surface area is 116 Å². The normalized spacial score (nSPS) is 18.9. The third-order valence-electron chi connectivity index (χ3n) is 3.95. The van der Waals surface area contributed by atoms with Crippen molar-refractivity contribution < 1.29 is 4.79 Å². The fourth-order valence-electron chi connectivity index (χ4n) is 2.81. The first-order valence-electron chi connectivity index (χ1n) is 7.10. The molecule has 0 saturated heterocycles. The molecule has 3 nitrogen and oxygen atoms in total. The largest absolute Gasteiger partial charge is 0.384 e. The van der Waals surface area contributed by atoms with E-state index < -0.39 is 0 Å². The molecule has 0 spiro atoms. The molecule has 0 radical (unpaired) electrons. The van der Waals surface area contributed by atoms with Gasteiger partial charge in [-0.2, -0.15) is 0 Å². The van der Waals surface area contributed by atoms with Crippen LogP contribution in [0.2, 0.25) is 0 Å². The molecule has 19 heavy (non-hydrogen) atoms. The van der Waals surface area contributed by atoms with Crippen LogP contribution in [-0.4, -0.2) is 30.4 Å². The second-order valence-electron chi connectivity index (χ2n) is 5.95. The topological polar surface area (TPSA) is 32.3 Å². The Balaban J connectivity index is 2.09. The van der Waals surface area contributed by atoms with Crippen LogP contribution in [0.25, 0.3) is 0 Å². The molecule has 1 N–H and O–H groups in total. The molecule has 0 aliphatic carbocycles. The maximum absolute atomic E-state index is 12.6. The number of likely N-dealkylation sites (N-methyl/N-ethyl adjacent to an activating group) is 1. The van der Waals surface area contributed by atoms with Gasteiger partial charge in [0.15, 0.2) is 0 Å². The van der Waals surface area contributed by atoms with Crippen molar-refractivity contribution in [2.75, 3.05) is 18.9 Å². The molecular formula is C16H24N2O. The van der Waals surface area contributed by atoms with E-state index in [9.17, 15) is 4.79 Å². The van der Waals surface area contributed by atoms with Crippen LogP contribution in [0.15, 0.2) is 24.3 Å². The summed E-state index contributed by atoms with van der Waals surface area (Å²) in [7, 11) is 1.93. The minimum atomic E-state index is -0.0317. The van der Waals surface area contributed by atoms with Gasteiger partial charge in [0.05, 0.1) is 5.92 Å². The van der Waals surface area contributed by atoms with E-state index in [4.69, 9.17) is 0 Å². The average Bonchev–Trinajstić information content (AvgIpc) is 2.80. The monoisotopic (exact) mass is 260 g/mol. The Bertz CT molecular complexity index is 456. The van der Waals surface area contributed by atoms with Gasteiger partial charge in [0.25, 0.3) is 0 Å². The third kappa shape index (κ3) is 2.91. The molecule has 1 aliphatic heterocycles. The molecule has 1 heterocycles. The number of nitrogens with zero attached hydrogens (tertiary/aromatic N) is 1. The summed E-state index contributed by atoms with van der Waals surface area (Å²) in [6.45, 7) is 7.24. The maximum Gasteiger partial charge on any atom is 0.231 e. The summed E-state index contributed by atoms with van der Waals surface area (Å²) in [6.07, 6.45) is 1.05. The number of para-hydroxylation sites is 1. The van der Waals surface area contributed by atoms with Gasteiger partial charge < -0.3 is 10.2 Å². The Morgan fingerprint density at radius 3 is 2.74 bits per heavy atom. The van der Waals surface area contributed by atoms with Crippen LogP contribution in [0.4, 0.5) is 5.69 Å². The van der Waals surface area contributed by atoms with E-state index in [0.717, 1.165) is 24.2 Å². The van der Waals surface area contributed by atoms with Crippen LogP contribution in [0.1, 0.15) is 38.7 Å². The summed E-state index contributed by atoms with van der Waals surface area (Å²) in [5.41, 5.74) is 2.24. The zero-order chi connectivity index (χ0) is 14.0. The van der Waals surface area contributed by atoms with Crippen molar-refractivity contribution in [3.8, 4) is 0 Å². The summed E-state index contributed by atoms with van der Waals surface area (Å²) >= 11 is 0. The van der Waals surface area contributed by atoms with E-state index in [1.54, 1.807) is 0 Å². The van der Waals surface area contributed by atoms with Crippen molar-refractivity contribution in [1.29, 1.82) is 0 Å². The number of carbonyl (C=O) groups is 1. The number of benzene rings is 1. The van der Waals surface area contributed by atoms with Gasteiger partial charge in [-0.1, -0.05) is 32.0 Å². The first-order valence-corrected chi connectivity index (χ1v) is 7.10. The van der Waals surface area contributed by atoms with E-state index >= 15 is 0 Å². The SMILES string of the molecule is CC(C)CC(C)N(C)C(=O)C1CNc2ccccc21. The predicted octanol–water partition coefficient (Wildman–Crippen LogP) is 3.09. The molecular weight excluding hydrogens is 236 g/mol. The number of rotatable bonds is 4. The number of anilines is 1. The molecule has 2 rings (SSSR count). The Morgan fingerprint density at radius 2 is 2.05 bits per heavy atom. The van der Waals surface area contributed by atoms with Gasteiger partial charge in [0.2, 0.25) is 5.91 Å². The number of carbonyl (C=O) groups excluding carboxylic acids is 1. The Hall–Kier alpha value is -1.51. The smallest absolute Gasteiger partial charge is 0.231 e. The Morgan fingerprint density at radius 1 is 1.37 bits per heavy atom. The average molecular weight is 260 g/mol. The van der Waals surface area contributed by atoms with Gasteiger partial charge in [-0.3, -0.25) is 4.79 Å². The number of fused-ring (bicyclic) bond motifs is 1. The van der Waals surface area contributed by atoms with Gasteiger partial charge in [0, 0.05) is 25.3 Å². The minimum absolute atomic E-state index is 0.0317. The zero-order valence-electron chi connectivity index (χ0n) is 12.3. The van der Waals surface area contributed by atoms with E-state index in [-0.39, 0.29) is 11.8 Å². The summed E-state index contributed by atoms with van der Waals surface area (Å²) in [5.74, 6) is 0.806. The predicted molar refractivity (Wildman–Crippen MR) is 79.4 cm³/mol. The van der Waals surface area contributed by atoms with Crippen molar-refractivity contribution in [3.63, 3.8) is 0 Å². The third-order valence-corrected chi connectivity index (χ3v) is 3.95. The van der Waals surface area contributed by atoms with E-state index in [1.807, 2.05) is 30.1 Å². The lowest BCUT2D eigenvalue weighted by Crippen LogP contribution is -2.39. The van der Waals surface area contributed by atoms with Crippen molar-refractivity contribution in [2.24, 2.45) is 5.92 Å². The van der Waals surface area contributed by atoms with Gasteiger partial charge in [-0.05, 0) is 30.9 Å². The van der Waals surface area contributed by atoms with Gasteiger partial charge in [0.1, 0.15) is 0 Å². The van der Waals surface area contributed by atoms with Crippen LogP contribution < -0.4 is 5.32 Å². The lowest BCUT2D eigenvalue weighted by molar-refractivity contribution is -0.133. The van der Waals surface area contributed by atoms with Crippen LogP contribution in [0.5, 0.6) is 0 Å². The highest BCUT2D eigenvalue weighted by molar-refractivity contribution is 5.88. The molecule has 0 aromatic heterocycles. The second-order valence-corrected chi connectivity index (χ2v) is 5.95. The van der Waals surface area contributed by atoms with E-state index in [1.165, 1.54) is 0 Å². The van der Waals surface area contributed by atoms with Gasteiger partial charge in [-0.15, -0.1) is 0 Å². The molecule has 0 fully saturated rings. The van der Waals surface area contributed by atoms with Gasteiger partial charge >= 0.3 is 0 Å². The fourth-order valence-corrected chi connectivity index (χ4v) is 2.81.